The second-order valence-electron chi connectivity index (χ2n) is 2.94. The number of nitrogen functional groups attached to an aromatic ring is 2. The molecule has 0 fully saturated rings. The fourth-order valence-electron chi connectivity index (χ4n) is 1.20. The summed E-state index contributed by atoms with van der Waals surface area (Å²) in [5.41, 5.74) is 12.9. The summed E-state index contributed by atoms with van der Waals surface area (Å²) >= 11 is 3.33. The summed E-state index contributed by atoms with van der Waals surface area (Å²) in [7, 11) is 0. The molecule has 0 unspecified atom stereocenters. The first-order valence-electron chi connectivity index (χ1n) is 4.31. The molecule has 2 rings (SSSR count). The van der Waals surface area contributed by atoms with Gasteiger partial charge in [-0.1, -0.05) is 15.9 Å². The lowest BCUT2D eigenvalue weighted by molar-refractivity contribution is 1.03. The van der Waals surface area contributed by atoms with E-state index in [0.717, 1.165) is 17.4 Å². The third kappa shape index (κ3) is 2.56. The van der Waals surface area contributed by atoms with Crippen LogP contribution in [-0.4, -0.2) is 25.3 Å². The third-order valence-electron chi connectivity index (χ3n) is 1.85. The van der Waals surface area contributed by atoms with E-state index in [-0.39, 0.29) is 28.7 Å². The average molecular weight is 350 g/mol. The number of alkyl halides is 1. The van der Waals surface area contributed by atoms with Crippen LogP contribution < -0.4 is 11.5 Å². The summed E-state index contributed by atoms with van der Waals surface area (Å²) in [4.78, 5) is 16.2. The molecule has 0 aliphatic carbocycles. The predicted octanol–water partition coefficient (Wildman–Crippen LogP) is 1.10. The summed E-state index contributed by atoms with van der Waals surface area (Å²) in [6, 6.07) is 0. The Balaban J connectivity index is 0.00000128. The number of fused-ring (bicyclic) bond motifs is 1. The van der Waals surface area contributed by atoms with Crippen LogP contribution in [0.4, 0.5) is 11.8 Å². The quantitative estimate of drug-likeness (QED) is 0.787. The molecule has 8 heteroatoms. The molecule has 0 radical (unpaired) electrons. The van der Waals surface area contributed by atoms with Gasteiger partial charge in [0.1, 0.15) is 0 Å². The first-order valence-corrected chi connectivity index (χ1v) is 5.43. The minimum absolute atomic E-state index is 0. The lowest BCUT2D eigenvalue weighted by Crippen LogP contribution is -2.04. The summed E-state index contributed by atoms with van der Waals surface area (Å²) in [5.74, 6) is 0.379. The minimum atomic E-state index is 0. The maximum atomic E-state index is 5.68. The molecule has 2 aromatic heterocycles. The molecule has 16 heavy (non-hydrogen) atoms. The van der Waals surface area contributed by atoms with Crippen molar-refractivity contribution in [3.05, 3.63) is 11.9 Å². The van der Waals surface area contributed by atoms with Crippen LogP contribution in [0.3, 0.4) is 0 Å². The number of anilines is 2. The average Bonchev–Trinajstić information content (AvgIpc) is 2.19. The van der Waals surface area contributed by atoms with Crippen molar-refractivity contribution in [2.45, 2.75) is 6.42 Å². The topological polar surface area (TPSA) is 104 Å². The summed E-state index contributed by atoms with van der Waals surface area (Å²) in [6.45, 7) is 0. The van der Waals surface area contributed by atoms with Crippen LogP contribution >= 0.6 is 32.9 Å². The van der Waals surface area contributed by atoms with Gasteiger partial charge >= 0.3 is 0 Å². The summed E-state index contributed by atoms with van der Waals surface area (Å²) in [5, 5.41) is 0.822. The van der Waals surface area contributed by atoms with Gasteiger partial charge in [0.15, 0.2) is 17.0 Å². The van der Waals surface area contributed by atoms with Crippen LogP contribution in [0.5, 0.6) is 0 Å². The van der Waals surface area contributed by atoms with Gasteiger partial charge in [-0.15, -0.1) is 17.0 Å². The number of hydrogen-bond acceptors (Lipinski definition) is 6. The van der Waals surface area contributed by atoms with Crippen molar-refractivity contribution in [2.75, 3.05) is 16.8 Å². The summed E-state index contributed by atoms with van der Waals surface area (Å²) in [6.07, 6.45) is 2.45. The van der Waals surface area contributed by atoms with Crippen LogP contribution in [0.15, 0.2) is 6.20 Å². The molecular weight excluding hydrogens is 340 g/mol. The molecule has 2 aromatic rings. The molecular formula is C8H10Br2N6. The minimum Gasteiger partial charge on any atom is -0.382 e. The van der Waals surface area contributed by atoms with Crippen LogP contribution in [-0.2, 0) is 6.42 Å². The zero-order chi connectivity index (χ0) is 10.8. The highest BCUT2D eigenvalue weighted by Crippen LogP contribution is 2.14. The number of aryl methyl sites for hydroxylation is 1. The van der Waals surface area contributed by atoms with Crippen molar-refractivity contribution >= 4 is 55.8 Å². The number of rotatable bonds is 2. The normalized spacial score (nSPS) is 10.1. The molecule has 0 spiro atoms. The molecule has 0 aliphatic heterocycles. The molecule has 0 aliphatic rings. The largest absolute Gasteiger partial charge is 0.382 e. The third-order valence-corrected chi connectivity index (χ3v) is 2.25. The van der Waals surface area contributed by atoms with Gasteiger partial charge in [-0.2, -0.15) is 9.97 Å². The van der Waals surface area contributed by atoms with E-state index in [1.165, 1.54) is 0 Å². The van der Waals surface area contributed by atoms with Crippen molar-refractivity contribution in [3.63, 3.8) is 0 Å². The van der Waals surface area contributed by atoms with Gasteiger partial charge in [-0.3, -0.25) is 0 Å². The highest BCUT2D eigenvalue weighted by atomic mass is 79.9. The zero-order valence-electron chi connectivity index (χ0n) is 8.22. The Hall–Kier alpha value is -1.02. The van der Waals surface area contributed by atoms with Gasteiger partial charge in [0.05, 0.1) is 11.9 Å². The van der Waals surface area contributed by atoms with Crippen LogP contribution in [0.2, 0.25) is 0 Å². The van der Waals surface area contributed by atoms with Gasteiger partial charge < -0.3 is 11.5 Å². The van der Waals surface area contributed by atoms with Crippen LogP contribution in [0, 0.1) is 0 Å². The predicted molar refractivity (Wildman–Crippen MR) is 71.8 cm³/mol. The number of aromatic nitrogens is 4. The van der Waals surface area contributed by atoms with E-state index >= 15 is 0 Å². The van der Waals surface area contributed by atoms with E-state index in [9.17, 15) is 0 Å². The molecule has 0 bridgehead atoms. The van der Waals surface area contributed by atoms with Gasteiger partial charge in [0, 0.05) is 11.8 Å². The highest BCUT2D eigenvalue weighted by Gasteiger charge is 2.06. The lowest BCUT2D eigenvalue weighted by Gasteiger charge is -2.02. The fourth-order valence-corrected chi connectivity index (χ4v) is 1.61. The van der Waals surface area contributed by atoms with E-state index in [2.05, 4.69) is 35.9 Å². The molecule has 4 N–H and O–H groups in total. The highest BCUT2D eigenvalue weighted by molar-refractivity contribution is 9.09. The van der Waals surface area contributed by atoms with E-state index in [0.29, 0.717) is 11.2 Å². The van der Waals surface area contributed by atoms with E-state index in [4.69, 9.17) is 11.5 Å². The Kier molecular flexibility index (Phi) is 4.36. The Morgan fingerprint density at radius 1 is 1.19 bits per heavy atom. The molecule has 0 atom stereocenters. The van der Waals surface area contributed by atoms with Crippen molar-refractivity contribution < 1.29 is 0 Å². The number of nitrogens with zero attached hydrogens (tertiary/aromatic N) is 4. The Morgan fingerprint density at radius 3 is 2.62 bits per heavy atom. The maximum absolute atomic E-state index is 5.68. The fraction of sp³-hybridized carbons (Fsp3) is 0.250. The Bertz CT molecular complexity index is 503. The molecule has 0 saturated carbocycles. The molecule has 6 nitrogen and oxygen atoms in total. The van der Waals surface area contributed by atoms with Crippen LogP contribution in [0.25, 0.3) is 11.2 Å². The lowest BCUT2D eigenvalue weighted by atomic mass is 10.3. The van der Waals surface area contributed by atoms with Crippen molar-refractivity contribution in [3.8, 4) is 0 Å². The van der Waals surface area contributed by atoms with E-state index < -0.39 is 0 Å². The molecule has 0 aromatic carbocycles. The second kappa shape index (κ2) is 5.35. The van der Waals surface area contributed by atoms with Crippen molar-refractivity contribution in [2.24, 2.45) is 0 Å². The van der Waals surface area contributed by atoms with Crippen molar-refractivity contribution in [1.29, 1.82) is 0 Å². The van der Waals surface area contributed by atoms with Gasteiger partial charge in [-0.25, -0.2) is 9.97 Å². The van der Waals surface area contributed by atoms with Gasteiger partial charge in [-0.05, 0) is 0 Å². The standard InChI is InChI=1S/C8H9BrN6.BrH/c9-2-1-4-3-12-7-5(13-4)6(10)14-8(11)15-7;/h3H,1-2H2,(H4,10,11,12,14,15);1H. The van der Waals surface area contributed by atoms with E-state index in [1.807, 2.05) is 0 Å². The SMILES string of the molecule is Br.Nc1nc(N)c2nc(CCBr)cnc2n1. The first kappa shape index (κ1) is 13.0. The Morgan fingerprint density at radius 2 is 1.94 bits per heavy atom. The first-order chi connectivity index (χ1) is 7.20. The molecule has 2 heterocycles. The van der Waals surface area contributed by atoms with E-state index in [1.54, 1.807) is 6.20 Å². The number of halogens is 2. The molecule has 0 amide bonds. The number of hydrogen-bond donors (Lipinski definition) is 2. The van der Waals surface area contributed by atoms with Crippen LogP contribution in [0.1, 0.15) is 5.69 Å². The van der Waals surface area contributed by atoms with Gasteiger partial charge in [0.25, 0.3) is 0 Å². The molecule has 86 valence electrons. The smallest absolute Gasteiger partial charge is 0.224 e. The summed E-state index contributed by atoms with van der Waals surface area (Å²) < 4.78 is 0. The molecule has 0 saturated heterocycles. The second-order valence-corrected chi connectivity index (χ2v) is 3.73. The van der Waals surface area contributed by atoms with Crippen molar-refractivity contribution in [1.82, 2.24) is 19.9 Å². The number of nitrogens with two attached hydrogens (primary N) is 2. The zero-order valence-corrected chi connectivity index (χ0v) is 11.5. The Labute approximate surface area is 111 Å². The monoisotopic (exact) mass is 348 g/mol. The maximum Gasteiger partial charge on any atom is 0.224 e. The van der Waals surface area contributed by atoms with Gasteiger partial charge in [0.2, 0.25) is 5.95 Å².